The molecule has 0 radical (unpaired) electrons. The molecule has 1 aliphatic carbocycles. The molecule has 0 bridgehead atoms. The molecular weight excluding hydrogens is 238 g/mol. The zero-order chi connectivity index (χ0) is 14.3. The predicted molar refractivity (Wildman–Crippen MR) is 81.6 cm³/mol. The molecule has 3 unspecified atom stereocenters. The molecule has 2 N–H and O–H groups in total. The number of nitrogens with one attached hydrogen (secondary N) is 2. The van der Waals surface area contributed by atoms with Crippen molar-refractivity contribution in [2.75, 3.05) is 19.7 Å². The number of ether oxygens (including phenoxy) is 1. The minimum absolute atomic E-state index is 0.316. The summed E-state index contributed by atoms with van der Waals surface area (Å²) in [5, 5.41) is 6.78. The summed E-state index contributed by atoms with van der Waals surface area (Å²) in [6, 6.07) is 0.616. The smallest absolute Gasteiger partial charge is 0.191 e. The van der Waals surface area contributed by atoms with E-state index in [1.807, 2.05) is 0 Å². The highest BCUT2D eigenvalue weighted by molar-refractivity contribution is 5.80. The first-order valence-electron chi connectivity index (χ1n) is 7.74. The van der Waals surface area contributed by atoms with Gasteiger partial charge in [0.05, 0.1) is 6.10 Å². The lowest BCUT2D eigenvalue weighted by atomic mass is 10.0. The second kappa shape index (κ2) is 8.41. The maximum Gasteiger partial charge on any atom is 0.191 e. The van der Waals surface area contributed by atoms with E-state index in [2.05, 4.69) is 50.2 Å². The third-order valence-electron chi connectivity index (χ3n) is 3.58. The molecule has 1 fully saturated rings. The summed E-state index contributed by atoms with van der Waals surface area (Å²) >= 11 is 0. The van der Waals surface area contributed by atoms with E-state index in [9.17, 15) is 0 Å². The van der Waals surface area contributed by atoms with Crippen LogP contribution in [-0.4, -0.2) is 37.8 Å². The first-order chi connectivity index (χ1) is 9.08. The van der Waals surface area contributed by atoms with E-state index in [1.165, 1.54) is 6.42 Å². The van der Waals surface area contributed by atoms with Gasteiger partial charge in [-0.25, -0.2) is 0 Å². The van der Waals surface area contributed by atoms with Crippen LogP contribution in [0.3, 0.4) is 0 Å². The van der Waals surface area contributed by atoms with Gasteiger partial charge in [0.25, 0.3) is 0 Å². The van der Waals surface area contributed by atoms with Gasteiger partial charge in [-0.05, 0) is 38.5 Å². The normalized spacial score (nSPS) is 24.4. The second-order valence-corrected chi connectivity index (χ2v) is 5.75. The standard InChI is InChI=1S/C15H31N3O/c1-6-16-15(18-13-10-12(13)5)17-9-8-14(11(3)4)19-7-2/h11-14H,6-10H2,1-5H3,(H2,16,17,18). The van der Waals surface area contributed by atoms with Gasteiger partial charge in [-0.1, -0.05) is 20.8 Å². The molecule has 1 aliphatic rings. The van der Waals surface area contributed by atoms with Gasteiger partial charge >= 0.3 is 0 Å². The maximum atomic E-state index is 5.75. The molecular formula is C15H31N3O. The van der Waals surface area contributed by atoms with Gasteiger partial charge in [0.15, 0.2) is 5.96 Å². The monoisotopic (exact) mass is 269 g/mol. The van der Waals surface area contributed by atoms with Crippen LogP contribution < -0.4 is 10.6 Å². The first kappa shape index (κ1) is 16.3. The number of rotatable bonds is 8. The van der Waals surface area contributed by atoms with Gasteiger partial charge in [-0.2, -0.15) is 0 Å². The van der Waals surface area contributed by atoms with Crippen LogP contribution in [0.15, 0.2) is 4.99 Å². The minimum atomic E-state index is 0.316. The molecule has 0 saturated heterocycles. The molecule has 0 heterocycles. The van der Waals surface area contributed by atoms with Gasteiger partial charge < -0.3 is 15.4 Å². The van der Waals surface area contributed by atoms with Crippen molar-refractivity contribution >= 4 is 5.96 Å². The van der Waals surface area contributed by atoms with Gasteiger partial charge in [0, 0.05) is 25.7 Å². The molecule has 0 aromatic carbocycles. The molecule has 3 atom stereocenters. The average Bonchev–Trinajstić information content (AvgIpc) is 3.03. The lowest BCUT2D eigenvalue weighted by Crippen LogP contribution is -2.39. The van der Waals surface area contributed by atoms with Crippen LogP contribution in [0, 0.1) is 11.8 Å². The zero-order valence-electron chi connectivity index (χ0n) is 13.2. The summed E-state index contributed by atoms with van der Waals surface area (Å²) in [4.78, 5) is 4.65. The number of hydrogen-bond donors (Lipinski definition) is 2. The van der Waals surface area contributed by atoms with Crippen molar-refractivity contribution in [3.63, 3.8) is 0 Å². The van der Waals surface area contributed by atoms with Crippen molar-refractivity contribution in [3.8, 4) is 0 Å². The Kier molecular flexibility index (Phi) is 7.21. The van der Waals surface area contributed by atoms with Crippen LogP contribution in [0.2, 0.25) is 0 Å². The van der Waals surface area contributed by atoms with E-state index in [-0.39, 0.29) is 0 Å². The van der Waals surface area contributed by atoms with Crippen molar-refractivity contribution < 1.29 is 4.74 Å². The SMILES string of the molecule is CCNC(=NCCC(OCC)C(C)C)NC1CC1C. The fraction of sp³-hybridized carbons (Fsp3) is 0.933. The molecule has 0 aromatic heterocycles. The Bertz CT molecular complexity index is 279. The van der Waals surface area contributed by atoms with E-state index in [0.29, 0.717) is 18.1 Å². The third kappa shape index (κ3) is 6.28. The summed E-state index contributed by atoms with van der Waals surface area (Å²) in [6.07, 6.45) is 2.57. The summed E-state index contributed by atoms with van der Waals surface area (Å²) < 4.78 is 5.75. The van der Waals surface area contributed by atoms with Gasteiger partial charge in [0.1, 0.15) is 0 Å². The number of aliphatic imine (C=N–C) groups is 1. The van der Waals surface area contributed by atoms with Crippen molar-refractivity contribution in [2.45, 2.75) is 59.6 Å². The van der Waals surface area contributed by atoms with Crippen LogP contribution >= 0.6 is 0 Å². The Morgan fingerprint density at radius 3 is 2.53 bits per heavy atom. The molecule has 4 nitrogen and oxygen atoms in total. The van der Waals surface area contributed by atoms with Crippen molar-refractivity contribution in [2.24, 2.45) is 16.8 Å². The van der Waals surface area contributed by atoms with E-state index in [0.717, 1.165) is 38.0 Å². The van der Waals surface area contributed by atoms with Crippen LogP contribution in [-0.2, 0) is 4.74 Å². The van der Waals surface area contributed by atoms with Crippen LogP contribution in [0.5, 0.6) is 0 Å². The quantitative estimate of drug-likeness (QED) is 0.525. The fourth-order valence-corrected chi connectivity index (χ4v) is 2.15. The Labute approximate surface area is 118 Å². The van der Waals surface area contributed by atoms with Gasteiger partial charge in [-0.15, -0.1) is 0 Å². The third-order valence-corrected chi connectivity index (χ3v) is 3.58. The molecule has 112 valence electrons. The summed E-state index contributed by atoms with van der Waals surface area (Å²) in [5.74, 6) is 2.29. The minimum Gasteiger partial charge on any atom is -0.378 e. The number of nitrogens with zero attached hydrogens (tertiary/aromatic N) is 1. The van der Waals surface area contributed by atoms with Crippen molar-refractivity contribution in [3.05, 3.63) is 0 Å². The molecule has 1 saturated carbocycles. The molecule has 0 amide bonds. The summed E-state index contributed by atoms with van der Waals surface area (Å²) in [7, 11) is 0. The summed E-state index contributed by atoms with van der Waals surface area (Å²) in [6.45, 7) is 13.4. The fourth-order valence-electron chi connectivity index (χ4n) is 2.15. The summed E-state index contributed by atoms with van der Waals surface area (Å²) in [5.41, 5.74) is 0. The molecule has 0 aromatic rings. The average molecular weight is 269 g/mol. The van der Waals surface area contributed by atoms with E-state index < -0.39 is 0 Å². The Morgan fingerprint density at radius 2 is 2.05 bits per heavy atom. The molecule has 1 rings (SSSR count). The molecule has 0 aliphatic heterocycles. The Hall–Kier alpha value is -0.770. The molecule has 19 heavy (non-hydrogen) atoms. The van der Waals surface area contributed by atoms with Gasteiger partial charge in [-0.3, -0.25) is 4.99 Å². The van der Waals surface area contributed by atoms with E-state index in [4.69, 9.17) is 4.74 Å². The van der Waals surface area contributed by atoms with Crippen LogP contribution in [0.25, 0.3) is 0 Å². The number of hydrogen-bond acceptors (Lipinski definition) is 2. The largest absolute Gasteiger partial charge is 0.378 e. The van der Waals surface area contributed by atoms with E-state index >= 15 is 0 Å². The Morgan fingerprint density at radius 1 is 1.37 bits per heavy atom. The first-order valence-corrected chi connectivity index (χ1v) is 7.74. The lowest BCUT2D eigenvalue weighted by molar-refractivity contribution is 0.0266. The number of guanidine groups is 1. The van der Waals surface area contributed by atoms with E-state index in [1.54, 1.807) is 0 Å². The molecule has 0 spiro atoms. The predicted octanol–water partition coefficient (Wildman–Crippen LogP) is 2.40. The van der Waals surface area contributed by atoms with Crippen molar-refractivity contribution in [1.82, 2.24) is 10.6 Å². The highest BCUT2D eigenvalue weighted by atomic mass is 16.5. The Balaban J connectivity index is 2.36. The van der Waals surface area contributed by atoms with Gasteiger partial charge in [0.2, 0.25) is 0 Å². The maximum absolute atomic E-state index is 5.75. The highest BCUT2D eigenvalue weighted by Crippen LogP contribution is 2.28. The van der Waals surface area contributed by atoms with Crippen LogP contribution in [0.4, 0.5) is 0 Å². The van der Waals surface area contributed by atoms with Crippen LogP contribution in [0.1, 0.15) is 47.5 Å². The highest BCUT2D eigenvalue weighted by Gasteiger charge is 2.33. The molecule has 4 heteroatoms. The van der Waals surface area contributed by atoms with Crippen molar-refractivity contribution in [1.29, 1.82) is 0 Å². The zero-order valence-corrected chi connectivity index (χ0v) is 13.2. The second-order valence-electron chi connectivity index (χ2n) is 5.75. The topological polar surface area (TPSA) is 45.7 Å². The lowest BCUT2D eigenvalue weighted by Gasteiger charge is -2.20.